The van der Waals surface area contributed by atoms with Gasteiger partial charge in [0, 0.05) is 11.8 Å². The fraction of sp³-hybridized carbons (Fsp3) is 0.0500. The van der Waals surface area contributed by atoms with Gasteiger partial charge in [0.2, 0.25) is 0 Å². The van der Waals surface area contributed by atoms with Crippen LogP contribution in [0, 0.1) is 0 Å². The fourth-order valence-electron chi connectivity index (χ4n) is 3.07. The summed E-state index contributed by atoms with van der Waals surface area (Å²) >= 11 is 0. The summed E-state index contributed by atoms with van der Waals surface area (Å²) < 4.78 is 27.3. The normalized spacial score (nSPS) is 16.5. The van der Waals surface area contributed by atoms with Crippen molar-refractivity contribution in [3.05, 3.63) is 84.2 Å². The number of aromatic nitrogens is 1. The van der Waals surface area contributed by atoms with Crippen LogP contribution in [0.15, 0.2) is 77.8 Å². The summed E-state index contributed by atoms with van der Waals surface area (Å²) in [5, 5.41) is 9.93. The molecule has 0 saturated heterocycles. The molecule has 0 amide bonds. The first kappa shape index (κ1) is 16.5. The molecule has 0 bridgehead atoms. The van der Waals surface area contributed by atoms with Gasteiger partial charge in [-0.05, 0) is 29.8 Å². The average molecular weight is 365 g/mol. The predicted molar refractivity (Wildman–Crippen MR) is 98.3 cm³/mol. The van der Waals surface area contributed by atoms with Crippen LogP contribution in [0.25, 0.3) is 17.2 Å². The van der Waals surface area contributed by atoms with E-state index in [1.807, 2.05) is 18.2 Å². The number of benzene rings is 2. The molecule has 1 N–H and O–H groups in total. The summed E-state index contributed by atoms with van der Waals surface area (Å²) in [4.78, 5) is 12.7. The van der Waals surface area contributed by atoms with Gasteiger partial charge >= 0.3 is 0 Å². The van der Waals surface area contributed by atoms with Crippen molar-refractivity contribution in [3.63, 3.8) is 0 Å². The van der Waals surface area contributed by atoms with Crippen molar-refractivity contribution in [3.8, 4) is 11.1 Å². The van der Waals surface area contributed by atoms with Crippen LogP contribution in [0.2, 0.25) is 0 Å². The zero-order chi connectivity index (χ0) is 18.3. The Morgan fingerprint density at radius 1 is 0.923 bits per heavy atom. The van der Waals surface area contributed by atoms with Crippen LogP contribution >= 0.6 is 0 Å². The quantitative estimate of drug-likeness (QED) is 0.774. The van der Waals surface area contributed by atoms with Gasteiger partial charge in [-0.2, -0.15) is 0 Å². The van der Waals surface area contributed by atoms with Crippen LogP contribution in [-0.2, 0) is 10.0 Å². The van der Waals surface area contributed by atoms with E-state index in [9.17, 15) is 18.3 Å². The van der Waals surface area contributed by atoms with Crippen molar-refractivity contribution in [2.24, 2.45) is 0 Å². The van der Waals surface area contributed by atoms with Crippen molar-refractivity contribution in [1.29, 1.82) is 0 Å². The van der Waals surface area contributed by atoms with Gasteiger partial charge in [0.1, 0.15) is 6.10 Å². The molecule has 2 aromatic carbocycles. The van der Waals surface area contributed by atoms with Crippen molar-refractivity contribution >= 4 is 21.9 Å². The van der Waals surface area contributed by atoms with Crippen LogP contribution in [0.5, 0.6) is 0 Å². The van der Waals surface area contributed by atoms with Crippen molar-refractivity contribution in [2.75, 3.05) is 0 Å². The van der Waals surface area contributed by atoms with Gasteiger partial charge in [-0.15, -0.1) is 0 Å². The number of nitrogens with zero attached hydrogens (tertiary/aromatic N) is 1. The highest BCUT2D eigenvalue weighted by Crippen LogP contribution is 2.34. The smallest absolute Gasteiger partial charge is 0.268 e. The minimum Gasteiger partial charge on any atom is -0.381 e. The van der Waals surface area contributed by atoms with E-state index >= 15 is 0 Å². The first-order valence-corrected chi connectivity index (χ1v) is 9.46. The molecule has 4 rings (SSSR count). The van der Waals surface area contributed by atoms with E-state index in [1.165, 1.54) is 30.5 Å². The van der Waals surface area contributed by atoms with Gasteiger partial charge in [0.25, 0.3) is 10.0 Å². The van der Waals surface area contributed by atoms with Gasteiger partial charge in [-0.3, -0.25) is 4.79 Å². The van der Waals surface area contributed by atoms with E-state index in [0.717, 1.165) is 3.97 Å². The van der Waals surface area contributed by atoms with Crippen LogP contribution in [0.3, 0.4) is 0 Å². The van der Waals surface area contributed by atoms with Crippen LogP contribution in [0.4, 0.5) is 0 Å². The minimum absolute atomic E-state index is 0.129. The van der Waals surface area contributed by atoms with Gasteiger partial charge in [0.05, 0.1) is 16.2 Å². The lowest BCUT2D eigenvalue weighted by Crippen LogP contribution is -2.23. The van der Waals surface area contributed by atoms with Crippen molar-refractivity contribution in [2.45, 2.75) is 11.0 Å². The monoisotopic (exact) mass is 365 g/mol. The second kappa shape index (κ2) is 6.09. The van der Waals surface area contributed by atoms with E-state index in [2.05, 4.69) is 0 Å². The first-order valence-electron chi connectivity index (χ1n) is 8.02. The maximum atomic E-state index is 13.1. The Morgan fingerprint density at radius 3 is 2.19 bits per heavy atom. The standard InChI is InChI=1S/C20H15NO4S/c22-18-12-11-17-19(20(18)23)16(14-7-3-1-4-8-14)13-21(17)26(24,25)15-9-5-2-6-10-15/h1-13,18,22H. The molecule has 130 valence electrons. The molecule has 1 unspecified atom stereocenters. The summed E-state index contributed by atoms with van der Waals surface area (Å²) in [6.07, 6.45) is 2.95. The zero-order valence-electron chi connectivity index (χ0n) is 13.6. The van der Waals surface area contributed by atoms with Crippen molar-refractivity contribution < 1.29 is 18.3 Å². The Hall–Kier alpha value is -2.96. The van der Waals surface area contributed by atoms with Crippen LogP contribution < -0.4 is 0 Å². The second-order valence-corrected chi connectivity index (χ2v) is 7.77. The summed E-state index contributed by atoms with van der Waals surface area (Å²) in [5.41, 5.74) is 1.66. The number of aliphatic hydroxyl groups excluding tert-OH is 1. The lowest BCUT2D eigenvalue weighted by molar-refractivity contribution is 0.0819. The topological polar surface area (TPSA) is 76.4 Å². The number of Topliss-reactive ketones (excluding diaryl/α,β-unsaturated/α-hetero) is 1. The summed E-state index contributed by atoms with van der Waals surface area (Å²) in [7, 11) is -3.88. The van der Waals surface area contributed by atoms with Gasteiger partial charge in [0.15, 0.2) is 5.78 Å². The van der Waals surface area contributed by atoms with E-state index in [1.54, 1.807) is 30.3 Å². The van der Waals surface area contributed by atoms with Crippen LogP contribution in [0.1, 0.15) is 16.1 Å². The Bertz CT molecular complexity index is 1110. The molecule has 6 heteroatoms. The molecule has 0 fully saturated rings. The predicted octanol–water partition coefficient (Wildman–Crippen LogP) is 2.96. The maximum Gasteiger partial charge on any atom is 0.268 e. The third-order valence-corrected chi connectivity index (χ3v) is 6.03. The Kier molecular flexibility index (Phi) is 3.86. The minimum atomic E-state index is -3.88. The zero-order valence-corrected chi connectivity index (χ0v) is 14.4. The molecule has 1 heterocycles. The number of fused-ring (bicyclic) bond motifs is 1. The highest BCUT2D eigenvalue weighted by molar-refractivity contribution is 7.90. The maximum absolute atomic E-state index is 13.1. The van der Waals surface area contributed by atoms with E-state index < -0.39 is 21.9 Å². The lowest BCUT2D eigenvalue weighted by Gasteiger charge is -2.14. The van der Waals surface area contributed by atoms with E-state index in [4.69, 9.17) is 0 Å². The van der Waals surface area contributed by atoms with Gasteiger partial charge in [-0.25, -0.2) is 12.4 Å². The van der Waals surface area contributed by atoms with Crippen molar-refractivity contribution in [1.82, 2.24) is 3.97 Å². The fourth-order valence-corrected chi connectivity index (χ4v) is 4.46. The van der Waals surface area contributed by atoms with Crippen LogP contribution in [-0.4, -0.2) is 29.4 Å². The van der Waals surface area contributed by atoms with E-state index in [0.29, 0.717) is 11.1 Å². The highest BCUT2D eigenvalue weighted by atomic mass is 32.2. The number of carbonyl (C=O) groups is 1. The molecule has 26 heavy (non-hydrogen) atoms. The number of hydrogen-bond acceptors (Lipinski definition) is 4. The molecule has 0 aliphatic heterocycles. The number of carbonyl (C=O) groups excluding carboxylic acids is 1. The largest absolute Gasteiger partial charge is 0.381 e. The molecule has 1 atom stereocenters. The number of aliphatic hydroxyl groups is 1. The molecule has 5 nitrogen and oxygen atoms in total. The molecule has 1 aromatic heterocycles. The highest BCUT2D eigenvalue weighted by Gasteiger charge is 2.32. The molecular weight excluding hydrogens is 350 g/mol. The summed E-state index contributed by atoms with van der Waals surface area (Å²) in [6.45, 7) is 0. The molecule has 3 aromatic rings. The number of rotatable bonds is 3. The Labute approximate surface area is 150 Å². The van der Waals surface area contributed by atoms with Gasteiger partial charge in [-0.1, -0.05) is 48.5 Å². The Balaban J connectivity index is 2.01. The SMILES string of the molecule is O=C1c2c(-c3ccccc3)cn(S(=O)(=O)c3ccccc3)c2C=CC1O. The summed E-state index contributed by atoms with van der Waals surface area (Å²) in [5.74, 6) is -0.511. The first-order chi connectivity index (χ1) is 12.5. The number of ketones is 1. The second-order valence-electron chi connectivity index (χ2n) is 5.95. The Morgan fingerprint density at radius 2 is 1.54 bits per heavy atom. The molecular formula is C20H15NO4S. The molecule has 0 saturated carbocycles. The third-order valence-electron chi connectivity index (χ3n) is 4.35. The number of hydrogen-bond donors (Lipinski definition) is 1. The lowest BCUT2D eigenvalue weighted by atomic mass is 9.94. The van der Waals surface area contributed by atoms with Gasteiger partial charge < -0.3 is 5.11 Å². The molecule has 1 aliphatic rings. The third kappa shape index (κ3) is 2.51. The molecule has 0 spiro atoms. The molecule has 0 radical (unpaired) electrons. The average Bonchev–Trinajstić information content (AvgIpc) is 3.07. The summed E-state index contributed by atoms with van der Waals surface area (Å²) in [6, 6.07) is 17.1. The molecule has 1 aliphatic carbocycles. The van der Waals surface area contributed by atoms with E-state index in [-0.39, 0.29) is 16.2 Å².